The molecule has 5 heteroatoms. The molecule has 1 saturated heterocycles. The van der Waals surface area contributed by atoms with E-state index in [0.717, 1.165) is 18.9 Å². The van der Waals surface area contributed by atoms with Crippen LogP contribution in [0.5, 0.6) is 0 Å². The van der Waals surface area contributed by atoms with Gasteiger partial charge in [0.15, 0.2) is 0 Å². The maximum atomic E-state index is 11.8. The fourth-order valence-electron chi connectivity index (χ4n) is 2.29. The van der Waals surface area contributed by atoms with E-state index in [1.807, 2.05) is 0 Å². The van der Waals surface area contributed by atoms with Crippen LogP contribution in [-0.4, -0.2) is 48.1 Å². The summed E-state index contributed by atoms with van der Waals surface area (Å²) in [6, 6.07) is 0. The zero-order valence-electron chi connectivity index (χ0n) is 10.0. The van der Waals surface area contributed by atoms with Gasteiger partial charge in [-0.3, -0.25) is 9.59 Å². The highest BCUT2D eigenvalue weighted by atomic mass is 16.4. The lowest BCUT2D eigenvalue weighted by Gasteiger charge is -2.16. The Morgan fingerprint density at radius 2 is 2.00 bits per heavy atom. The van der Waals surface area contributed by atoms with E-state index < -0.39 is 5.97 Å². The van der Waals surface area contributed by atoms with Gasteiger partial charge in [-0.1, -0.05) is 0 Å². The third kappa shape index (κ3) is 4.00. The number of aliphatic carboxylic acids is 1. The summed E-state index contributed by atoms with van der Waals surface area (Å²) in [4.78, 5) is 24.1. The van der Waals surface area contributed by atoms with Gasteiger partial charge in [0.1, 0.15) is 0 Å². The lowest BCUT2D eigenvalue weighted by Crippen LogP contribution is -2.37. The molecule has 1 amide bonds. The fourth-order valence-corrected chi connectivity index (χ4v) is 2.29. The van der Waals surface area contributed by atoms with E-state index in [9.17, 15) is 9.59 Å². The molecule has 2 N–H and O–H groups in total. The topological polar surface area (TPSA) is 69.6 Å². The molecule has 0 aromatic carbocycles. The van der Waals surface area contributed by atoms with E-state index >= 15 is 0 Å². The second-order valence-corrected chi connectivity index (χ2v) is 5.17. The number of nitrogens with one attached hydrogen (secondary N) is 1. The molecule has 1 saturated carbocycles. The second kappa shape index (κ2) is 5.49. The molecule has 0 radical (unpaired) electrons. The summed E-state index contributed by atoms with van der Waals surface area (Å²) in [5, 5.41) is 11.9. The zero-order valence-corrected chi connectivity index (χ0v) is 10.0. The molecule has 2 fully saturated rings. The summed E-state index contributed by atoms with van der Waals surface area (Å²) in [5.41, 5.74) is 0. The average molecular weight is 240 g/mol. The van der Waals surface area contributed by atoms with Crippen LogP contribution in [0.2, 0.25) is 0 Å². The third-order valence-corrected chi connectivity index (χ3v) is 3.51. The highest BCUT2D eigenvalue weighted by Crippen LogP contribution is 2.27. The molecule has 0 bridgehead atoms. The minimum atomic E-state index is -0.767. The summed E-state index contributed by atoms with van der Waals surface area (Å²) < 4.78 is 0. The number of nitrogens with zero attached hydrogens (tertiary/aromatic N) is 1. The Bertz CT molecular complexity index is 302. The first-order valence-electron chi connectivity index (χ1n) is 6.35. The molecule has 0 aromatic rings. The predicted octanol–water partition coefficient (Wildman–Crippen LogP) is 0.309. The van der Waals surface area contributed by atoms with E-state index in [0.29, 0.717) is 19.6 Å². The van der Waals surface area contributed by atoms with Crippen molar-refractivity contribution in [1.82, 2.24) is 10.2 Å². The average Bonchev–Trinajstić information content (AvgIpc) is 2.96. The van der Waals surface area contributed by atoms with Crippen LogP contribution in [0.25, 0.3) is 0 Å². The molecular weight excluding hydrogens is 220 g/mol. The van der Waals surface area contributed by atoms with Gasteiger partial charge in [0.05, 0.1) is 6.54 Å². The molecule has 0 aromatic heterocycles. The van der Waals surface area contributed by atoms with Crippen LogP contribution in [0.1, 0.15) is 25.7 Å². The molecule has 1 atom stereocenters. The Labute approximate surface area is 101 Å². The van der Waals surface area contributed by atoms with Gasteiger partial charge in [-0.05, 0) is 37.6 Å². The lowest BCUT2D eigenvalue weighted by atomic mass is 10.1. The highest BCUT2D eigenvalue weighted by molar-refractivity contribution is 5.78. The number of rotatable bonds is 6. The van der Waals surface area contributed by atoms with Crippen molar-refractivity contribution in [3.8, 4) is 0 Å². The third-order valence-electron chi connectivity index (χ3n) is 3.51. The van der Waals surface area contributed by atoms with Crippen LogP contribution >= 0.6 is 0 Å². The number of carboxylic acids is 1. The van der Waals surface area contributed by atoms with Gasteiger partial charge in [-0.25, -0.2) is 0 Å². The van der Waals surface area contributed by atoms with E-state index in [1.54, 1.807) is 4.90 Å². The first kappa shape index (κ1) is 12.4. The summed E-state index contributed by atoms with van der Waals surface area (Å²) in [7, 11) is 0. The zero-order chi connectivity index (χ0) is 12.3. The number of amides is 1. The van der Waals surface area contributed by atoms with Gasteiger partial charge < -0.3 is 15.3 Å². The van der Waals surface area contributed by atoms with Crippen LogP contribution in [0.15, 0.2) is 0 Å². The quantitative estimate of drug-likeness (QED) is 0.701. The second-order valence-electron chi connectivity index (χ2n) is 5.17. The van der Waals surface area contributed by atoms with Gasteiger partial charge in [0, 0.05) is 19.5 Å². The number of hydrogen-bond acceptors (Lipinski definition) is 3. The Kier molecular flexibility index (Phi) is 3.99. The first-order valence-corrected chi connectivity index (χ1v) is 6.35. The normalized spacial score (nSPS) is 24.0. The Hall–Kier alpha value is -1.10. The van der Waals surface area contributed by atoms with Crippen LogP contribution in [-0.2, 0) is 9.59 Å². The molecular formula is C12H20N2O3. The van der Waals surface area contributed by atoms with Crippen molar-refractivity contribution in [3.05, 3.63) is 0 Å². The van der Waals surface area contributed by atoms with Gasteiger partial charge in [-0.15, -0.1) is 0 Å². The highest BCUT2D eigenvalue weighted by Gasteiger charge is 2.27. The number of likely N-dealkylation sites (tertiary alicyclic amines) is 1. The summed E-state index contributed by atoms with van der Waals surface area (Å²) in [5.74, 6) is 0.260. The Morgan fingerprint density at radius 1 is 1.24 bits per heavy atom. The molecule has 1 unspecified atom stereocenters. The number of carbonyl (C=O) groups is 2. The van der Waals surface area contributed by atoms with Crippen molar-refractivity contribution in [3.63, 3.8) is 0 Å². The van der Waals surface area contributed by atoms with Gasteiger partial charge in [0.25, 0.3) is 0 Å². The molecule has 17 heavy (non-hydrogen) atoms. The molecule has 5 nitrogen and oxygen atoms in total. The number of carboxylic acid groups (broad SMARTS) is 1. The minimum absolute atomic E-state index is 0.110. The van der Waals surface area contributed by atoms with E-state index in [1.165, 1.54) is 12.8 Å². The monoisotopic (exact) mass is 240 g/mol. The van der Waals surface area contributed by atoms with Crippen molar-refractivity contribution in [1.29, 1.82) is 0 Å². The lowest BCUT2D eigenvalue weighted by molar-refractivity contribution is -0.138. The SMILES string of the molecule is O=C(O)CC1CCN(C(=O)CNCC2CC2)C1. The fraction of sp³-hybridized carbons (Fsp3) is 0.833. The maximum Gasteiger partial charge on any atom is 0.303 e. The standard InChI is InChI=1S/C12H20N2O3/c15-11(7-13-6-9-1-2-9)14-4-3-10(8-14)5-12(16)17/h9-10,13H,1-8H2,(H,16,17). The van der Waals surface area contributed by atoms with Crippen molar-refractivity contribution >= 4 is 11.9 Å². The van der Waals surface area contributed by atoms with Crippen molar-refractivity contribution in [2.24, 2.45) is 11.8 Å². The molecule has 1 heterocycles. The van der Waals surface area contributed by atoms with Gasteiger partial charge >= 0.3 is 5.97 Å². The largest absolute Gasteiger partial charge is 0.481 e. The number of carbonyl (C=O) groups excluding carboxylic acids is 1. The predicted molar refractivity (Wildman–Crippen MR) is 62.5 cm³/mol. The van der Waals surface area contributed by atoms with Crippen molar-refractivity contribution in [2.45, 2.75) is 25.7 Å². The van der Waals surface area contributed by atoms with E-state index in [2.05, 4.69) is 5.32 Å². The van der Waals surface area contributed by atoms with Crippen LogP contribution < -0.4 is 5.32 Å². The summed E-state index contributed by atoms with van der Waals surface area (Å²) in [6.07, 6.45) is 3.57. The number of hydrogen-bond donors (Lipinski definition) is 2. The van der Waals surface area contributed by atoms with Gasteiger partial charge in [-0.2, -0.15) is 0 Å². The first-order chi connectivity index (χ1) is 8.15. The Balaban J connectivity index is 1.64. The molecule has 1 aliphatic heterocycles. The van der Waals surface area contributed by atoms with Crippen LogP contribution in [0.3, 0.4) is 0 Å². The van der Waals surface area contributed by atoms with Gasteiger partial charge in [0.2, 0.25) is 5.91 Å². The smallest absolute Gasteiger partial charge is 0.303 e. The summed E-state index contributed by atoms with van der Waals surface area (Å²) >= 11 is 0. The molecule has 0 spiro atoms. The van der Waals surface area contributed by atoms with Crippen molar-refractivity contribution in [2.75, 3.05) is 26.2 Å². The summed E-state index contributed by atoms with van der Waals surface area (Å²) in [6.45, 7) is 2.66. The van der Waals surface area contributed by atoms with Crippen molar-refractivity contribution < 1.29 is 14.7 Å². The van der Waals surface area contributed by atoms with E-state index in [-0.39, 0.29) is 18.2 Å². The van der Waals surface area contributed by atoms with Crippen LogP contribution in [0.4, 0.5) is 0 Å². The molecule has 2 aliphatic rings. The minimum Gasteiger partial charge on any atom is -0.481 e. The Morgan fingerprint density at radius 3 is 2.65 bits per heavy atom. The van der Waals surface area contributed by atoms with Crippen LogP contribution in [0, 0.1) is 11.8 Å². The molecule has 96 valence electrons. The molecule has 1 aliphatic carbocycles. The maximum absolute atomic E-state index is 11.8. The van der Waals surface area contributed by atoms with E-state index in [4.69, 9.17) is 5.11 Å². The molecule has 2 rings (SSSR count).